The first-order chi connectivity index (χ1) is 8.79. The molecule has 1 heterocycles. The zero-order valence-electron chi connectivity index (χ0n) is 9.98. The monoisotopic (exact) mass is 252 g/mol. The molecule has 18 heavy (non-hydrogen) atoms. The molecular formula is C12H16N2O4. The fourth-order valence-electron chi connectivity index (χ4n) is 1.57. The van der Waals surface area contributed by atoms with Crippen LogP contribution in [0.15, 0.2) is 18.2 Å². The molecule has 1 aliphatic heterocycles. The summed E-state index contributed by atoms with van der Waals surface area (Å²) in [5.41, 5.74) is 5.91. The summed E-state index contributed by atoms with van der Waals surface area (Å²) < 4.78 is 15.8. The van der Waals surface area contributed by atoms with Crippen LogP contribution < -0.4 is 20.5 Å². The van der Waals surface area contributed by atoms with E-state index in [1.54, 1.807) is 18.2 Å². The number of benzene rings is 1. The Hall–Kier alpha value is -1.79. The normalized spacial score (nSPS) is 13.2. The Labute approximate surface area is 105 Å². The van der Waals surface area contributed by atoms with Gasteiger partial charge >= 0.3 is 0 Å². The summed E-state index contributed by atoms with van der Waals surface area (Å²) in [7, 11) is 0. The topological polar surface area (TPSA) is 82.8 Å². The van der Waals surface area contributed by atoms with Crippen molar-refractivity contribution in [1.29, 1.82) is 0 Å². The molecule has 0 spiro atoms. The largest absolute Gasteiger partial charge is 0.486 e. The Morgan fingerprint density at radius 2 is 2.11 bits per heavy atom. The lowest BCUT2D eigenvalue weighted by Gasteiger charge is -2.19. The number of hydrogen-bond donors (Lipinski definition) is 2. The molecule has 6 heteroatoms. The van der Waals surface area contributed by atoms with E-state index in [0.29, 0.717) is 43.6 Å². The molecule has 0 aromatic heterocycles. The third kappa shape index (κ3) is 3.35. The number of fused-ring (bicyclic) bond motifs is 1. The fraction of sp³-hybridized carbons (Fsp3) is 0.417. The summed E-state index contributed by atoms with van der Waals surface area (Å²) in [4.78, 5) is 11.5. The molecule has 6 nitrogen and oxygen atoms in total. The van der Waals surface area contributed by atoms with Crippen LogP contribution in [0.3, 0.4) is 0 Å². The zero-order chi connectivity index (χ0) is 12.8. The number of hydrogen-bond acceptors (Lipinski definition) is 5. The molecule has 0 fully saturated rings. The van der Waals surface area contributed by atoms with Crippen molar-refractivity contribution in [3.63, 3.8) is 0 Å². The van der Waals surface area contributed by atoms with E-state index in [2.05, 4.69) is 5.32 Å². The first-order valence-corrected chi connectivity index (χ1v) is 5.77. The van der Waals surface area contributed by atoms with Crippen molar-refractivity contribution in [2.75, 3.05) is 38.3 Å². The van der Waals surface area contributed by atoms with Gasteiger partial charge in [0.25, 0.3) is 0 Å². The highest BCUT2D eigenvalue weighted by molar-refractivity contribution is 5.92. The summed E-state index contributed by atoms with van der Waals surface area (Å²) in [6.07, 6.45) is 0. The second-order valence-corrected chi connectivity index (χ2v) is 3.75. The van der Waals surface area contributed by atoms with E-state index in [9.17, 15) is 4.79 Å². The molecule has 0 aliphatic carbocycles. The molecule has 3 N–H and O–H groups in total. The van der Waals surface area contributed by atoms with Crippen LogP contribution in [0.25, 0.3) is 0 Å². The third-order valence-electron chi connectivity index (χ3n) is 2.32. The quantitative estimate of drug-likeness (QED) is 0.740. The number of carbonyl (C=O) groups excluding carboxylic acids is 1. The van der Waals surface area contributed by atoms with Gasteiger partial charge in [0.05, 0.1) is 6.61 Å². The van der Waals surface area contributed by atoms with Gasteiger partial charge in [-0.05, 0) is 12.1 Å². The van der Waals surface area contributed by atoms with E-state index < -0.39 is 0 Å². The Bertz CT molecular complexity index is 423. The van der Waals surface area contributed by atoms with Crippen molar-refractivity contribution in [2.45, 2.75) is 0 Å². The highest BCUT2D eigenvalue weighted by Gasteiger charge is 2.12. The molecule has 1 amide bonds. The maximum absolute atomic E-state index is 11.5. The van der Waals surface area contributed by atoms with Crippen molar-refractivity contribution in [2.24, 2.45) is 5.73 Å². The fourth-order valence-corrected chi connectivity index (χ4v) is 1.57. The molecular weight excluding hydrogens is 236 g/mol. The number of carbonyl (C=O) groups is 1. The van der Waals surface area contributed by atoms with E-state index in [4.69, 9.17) is 19.9 Å². The van der Waals surface area contributed by atoms with Gasteiger partial charge in [-0.15, -0.1) is 0 Å². The first kappa shape index (κ1) is 12.7. The van der Waals surface area contributed by atoms with Gasteiger partial charge in [-0.25, -0.2) is 0 Å². The molecule has 2 rings (SSSR count). The lowest BCUT2D eigenvalue weighted by molar-refractivity contribution is -0.120. The van der Waals surface area contributed by atoms with Crippen LogP contribution in [0, 0.1) is 0 Å². The Morgan fingerprint density at radius 3 is 2.89 bits per heavy atom. The van der Waals surface area contributed by atoms with Crippen LogP contribution in [-0.2, 0) is 9.53 Å². The van der Waals surface area contributed by atoms with Gasteiger partial charge in [-0.1, -0.05) is 0 Å². The molecule has 1 aromatic rings. The van der Waals surface area contributed by atoms with Gasteiger partial charge in [0.2, 0.25) is 5.91 Å². The minimum atomic E-state index is -0.222. The summed E-state index contributed by atoms with van der Waals surface area (Å²) in [5.74, 6) is 1.11. The van der Waals surface area contributed by atoms with Gasteiger partial charge in [0.1, 0.15) is 19.8 Å². The lowest BCUT2D eigenvalue weighted by atomic mass is 10.2. The standard InChI is InChI=1S/C12H16N2O4/c13-3-4-16-8-12(15)14-9-1-2-10-11(7-9)18-6-5-17-10/h1-2,7H,3-6,8,13H2,(H,14,15). The van der Waals surface area contributed by atoms with E-state index >= 15 is 0 Å². The summed E-state index contributed by atoms with van der Waals surface area (Å²) >= 11 is 0. The van der Waals surface area contributed by atoms with Crippen molar-refractivity contribution in [3.05, 3.63) is 18.2 Å². The van der Waals surface area contributed by atoms with Crippen LogP contribution in [-0.4, -0.2) is 38.9 Å². The third-order valence-corrected chi connectivity index (χ3v) is 2.32. The predicted octanol–water partition coefficient (Wildman–Crippen LogP) is 0.372. The molecule has 98 valence electrons. The Kier molecular flexibility index (Phi) is 4.38. The number of ether oxygens (including phenoxy) is 3. The van der Waals surface area contributed by atoms with Crippen molar-refractivity contribution in [3.8, 4) is 11.5 Å². The molecule has 0 unspecified atom stereocenters. The Morgan fingerprint density at radius 1 is 1.33 bits per heavy atom. The molecule has 0 saturated carbocycles. The van der Waals surface area contributed by atoms with Gasteiger partial charge in [-0.2, -0.15) is 0 Å². The molecule has 0 saturated heterocycles. The van der Waals surface area contributed by atoms with E-state index in [-0.39, 0.29) is 12.5 Å². The van der Waals surface area contributed by atoms with E-state index in [1.807, 2.05) is 0 Å². The second-order valence-electron chi connectivity index (χ2n) is 3.75. The molecule has 0 bridgehead atoms. The van der Waals surface area contributed by atoms with Crippen molar-refractivity contribution in [1.82, 2.24) is 0 Å². The average Bonchev–Trinajstić information content (AvgIpc) is 2.39. The predicted molar refractivity (Wildman–Crippen MR) is 65.9 cm³/mol. The number of rotatable bonds is 5. The summed E-state index contributed by atoms with van der Waals surface area (Å²) in [5, 5.41) is 2.71. The van der Waals surface area contributed by atoms with Gasteiger partial charge in [0, 0.05) is 18.3 Å². The second kappa shape index (κ2) is 6.23. The van der Waals surface area contributed by atoms with Crippen molar-refractivity contribution < 1.29 is 19.0 Å². The van der Waals surface area contributed by atoms with Crippen LogP contribution in [0.4, 0.5) is 5.69 Å². The van der Waals surface area contributed by atoms with Crippen LogP contribution in [0.1, 0.15) is 0 Å². The van der Waals surface area contributed by atoms with Gasteiger partial charge < -0.3 is 25.3 Å². The minimum Gasteiger partial charge on any atom is -0.486 e. The maximum atomic E-state index is 11.5. The summed E-state index contributed by atoms with van der Waals surface area (Å²) in [6.45, 7) is 1.83. The number of amides is 1. The zero-order valence-corrected chi connectivity index (χ0v) is 9.98. The van der Waals surface area contributed by atoms with E-state index in [1.165, 1.54) is 0 Å². The van der Waals surface area contributed by atoms with Crippen LogP contribution >= 0.6 is 0 Å². The van der Waals surface area contributed by atoms with Crippen molar-refractivity contribution >= 4 is 11.6 Å². The number of nitrogens with one attached hydrogen (secondary N) is 1. The lowest BCUT2D eigenvalue weighted by Crippen LogP contribution is -2.21. The average molecular weight is 252 g/mol. The highest BCUT2D eigenvalue weighted by Crippen LogP contribution is 2.32. The van der Waals surface area contributed by atoms with Gasteiger partial charge in [-0.3, -0.25) is 4.79 Å². The first-order valence-electron chi connectivity index (χ1n) is 5.77. The summed E-state index contributed by atoms with van der Waals surface area (Å²) in [6, 6.07) is 5.26. The SMILES string of the molecule is NCCOCC(=O)Nc1ccc2c(c1)OCCO2. The van der Waals surface area contributed by atoms with Gasteiger partial charge in [0.15, 0.2) is 11.5 Å². The number of anilines is 1. The minimum absolute atomic E-state index is 0.00829. The molecule has 0 atom stereocenters. The maximum Gasteiger partial charge on any atom is 0.250 e. The van der Waals surface area contributed by atoms with Crippen LogP contribution in [0.2, 0.25) is 0 Å². The number of nitrogens with two attached hydrogens (primary N) is 1. The van der Waals surface area contributed by atoms with E-state index in [0.717, 1.165) is 0 Å². The molecule has 1 aromatic carbocycles. The molecule has 1 aliphatic rings. The Balaban J connectivity index is 1.91. The molecule has 0 radical (unpaired) electrons. The van der Waals surface area contributed by atoms with Crippen LogP contribution in [0.5, 0.6) is 11.5 Å². The smallest absolute Gasteiger partial charge is 0.250 e. The highest BCUT2D eigenvalue weighted by atomic mass is 16.6.